The van der Waals surface area contributed by atoms with Crippen LogP contribution in [-0.4, -0.2) is 23.9 Å². The van der Waals surface area contributed by atoms with Crippen LogP contribution in [-0.2, 0) is 4.79 Å². The summed E-state index contributed by atoms with van der Waals surface area (Å²) in [5.74, 6) is -1.98. The molecule has 4 nitrogen and oxygen atoms in total. The summed E-state index contributed by atoms with van der Waals surface area (Å²) in [6.07, 6.45) is -11.0. The van der Waals surface area contributed by atoms with Crippen molar-refractivity contribution in [2.45, 2.75) is 31.4 Å². The number of H-pyrrole nitrogens is 1. The Labute approximate surface area is 129 Å². The van der Waals surface area contributed by atoms with Gasteiger partial charge in [0.2, 0.25) is 5.91 Å². The van der Waals surface area contributed by atoms with E-state index in [4.69, 9.17) is 0 Å². The quantitative estimate of drug-likeness (QED) is 0.609. The topological polar surface area (TPSA) is 55.3 Å². The SMILES string of the molecule is CCC(=O)NC(Nc1ccc(Br)c[nH+]1)(C(F)(F)F)C(F)(F)F. The second-order valence-corrected chi connectivity index (χ2v) is 5.11. The van der Waals surface area contributed by atoms with Crippen LogP contribution in [0.5, 0.6) is 0 Å². The van der Waals surface area contributed by atoms with Crippen LogP contribution < -0.4 is 15.6 Å². The van der Waals surface area contributed by atoms with Crippen molar-refractivity contribution in [2.75, 3.05) is 5.32 Å². The normalized spacial score (nSPS) is 12.9. The minimum Gasteiger partial charge on any atom is -0.300 e. The van der Waals surface area contributed by atoms with Crippen molar-refractivity contribution in [3.8, 4) is 0 Å². The molecule has 124 valence electrons. The molecule has 0 atom stereocenters. The molecule has 3 N–H and O–H groups in total. The lowest BCUT2D eigenvalue weighted by Gasteiger charge is -2.34. The maximum atomic E-state index is 13.1. The molecule has 0 aliphatic rings. The fourth-order valence-corrected chi connectivity index (χ4v) is 1.71. The van der Waals surface area contributed by atoms with Gasteiger partial charge < -0.3 is 0 Å². The largest absolute Gasteiger partial charge is 0.462 e. The number of pyridine rings is 1. The van der Waals surface area contributed by atoms with Gasteiger partial charge in [0.05, 0.1) is 4.47 Å². The van der Waals surface area contributed by atoms with E-state index in [0.717, 1.165) is 24.5 Å². The zero-order valence-electron chi connectivity index (χ0n) is 11.0. The number of hydrogen-bond acceptors (Lipinski definition) is 2. The van der Waals surface area contributed by atoms with Crippen molar-refractivity contribution < 1.29 is 36.1 Å². The van der Waals surface area contributed by atoms with Crippen molar-refractivity contribution in [3.63, 3.8) is 0 Å². The van der Waals surface area contributed by atoms with E-state index in [9.17, 15) is 31.1 Å². The van der Waals surface area contributed by atoms with Crippen molar-refractivity contribution in [1.29, 1.82) is 0 Å². The highest BCUT2D eigenvalue weighted by molar-refractivity contribution is 9.10. The van der Waals surface area contributed by atoms with Gasteiger partial charge in [0.15, 0.2) is 0 Å². The first-order chi connectivity index (χ1) is 9.93. The van der Waals surface area contributed by atoms with Gasteiger partial charge in [-0.15, -0.1) is 0 Å². The number of aromatic amines is 1. The van der Waals surface area contributed by atoms with E-state index in [-0.39, 0.29) is 0 Å². The average molecular weight is 395 g/mol. The second kappa shape index (κ2) is 6.31. The summed E-state index contributed by atoms with van der Waals surface area (Å²) in [4.78, 5) is 13.4. The molecule has 0 unspecified atom stereocenters. The van der Waals surface area contributed by atoms with Gasteiger partial charge in [0.1, 0.15) is 6.20 Å². The summed E-state index contributed by atoms with van der Waals surface area (Å²) in [7, 11) is 0. The first-order valence-electron chi connectivity index (χ1n) is 5.83. The number of hydrogen-bond donors (Lipinski definition) is 2. The molecule has 1 amide bonds. The van der Waals surface area contributed by atoms with Gasteiger partial charge >= 0.3 is 18.0 Å². The molecule has 0 aliphatic heterocycles. The molecule has 0 fully saturated rings. The Bertz CT molecular complexity index is 514. The maximum Gasteiger partial charge on any atom is 0.462 e. The summed E-state index contributed by atoms with van der Waals surface area (Å²) in [5, 5.41) is 2.30. The monoisotopic (exact) mass is 394 g/mol. The Balaban J connectivity index is 3.35. The molecule has 1 rings (SSSR count). The molecule has 1 heterocycles. The van der Waals surface area contributed by atoms with Crippen molar-refractivity contribution >= 4 is 27.7 Å². The molecule has 0 saturated heterocycles. The fraction of sp³-hybridized carbons (Fsp3) is 0.455. The van der Waals surface area contributed by atoms with Crippen LogP contribution in [0.2, 0.25) is 0 Å². The molecule has 0 radical (unpaired) electrons. The third-order valence-corrected chi connectivity index (χ3v) is 3.09. The molecule has 0 spiro atoms. The molecular weight excluding hydrogens is 384 g/mol. The van der Waals surface area contributed by atoms with Crippen LogP contribution in [0.15, 0.2) is 22.8 Å². The number of nitrogens with one attached hydrogen (secondary N) is 3. The highest BCUT2D eigenvalue weighted by Gasteiger charge is 2.76. The van der Waals surface area contributed by atoms with Crippen molar-refractivity contribution in [2.24, 2.45) is 0 Å². The van der Waals surface area contributed by atoms with Crippen molar-refractivity contribution in [3.05, 3.63) is 22.8 Å². The standard InChI is InChI=1S/C11H10BrF6N3O/c1-2-8(22)21-9(10(13,14)15,11(16,17)18)20-7-4-3-6(12)5-19-7/h3-5H,2H2,1H3,(H,19,20)(H,21,22)/p+1. The van der Waals surface area contributed by atoms with E-state index < -0.39 is 36.2 Å². The van der Waals surface area contributed by atoms with Gasteiger partial charge in [-0.2, -0.15) is 26.3 Å². The van der Waals surface area contributed by atoms with Gasteiger partial charge in [0, 0.05) is 12.5 Å². The van der Waals surface area contributed by atoms with E-state index in [1.807, 2.05) is 0 Å². The Morgan fingerprint density at radius 1 is 1.18 bits per heavy atom. The van der Waals surface area contributed by atoms with Crippen molar-refractivity contribution in [1.82, 2.24) is 5.32 Å². The second-order valence-electron chi connectivity index (χ2n) is 4.19. The zero-order valence-corrected chi connectivity index (χ0v) is 12.6. The zero-order chi connectivity index (χ0) is 17.2. The summed E-state index contributed by atoms with van der Waals surface area (Å²) < 4.78 is 79.1. The summed E-state index contributed by atoms with van der Waals surface area (Å²) in [6, 6.07) is 2.20. The minimum atomic E-state index is -5.82. The van der Waals surface area contributed by atoms with Gasteiger partial charge in [0.25, 0.3) is 5.82 Å². The molecule has 1 aromatic rings. The van der Waals surface area contributed by atoms with Gasteiger partial charge in [-0.3, -0.25) is 10.1 Å². The lowest BCUT2D eigenvalue weighted by molar-refractivity contribution is -0.368. The predicted octanol–water partition coefficient (Wildman–Crippen LogP) is 3.02. The summed E-state index contributed by atoms with van der Waals surface area (Å²) in [5.41, 5.74) is -4.60. The lowest BCUT2D eigenvalue weighted by Crippen LogP contribution is -2.72. The van der Waals surface area contributed by atoms with Crippen LogP contribution in [0.25, 0.3) is 0 Å². The third-order valence-electron chi connectivity index (χ3n) is 2.60. The number of amides is 1. The van der Waals surface area contributed by atoms with E-state index in [0.29, 0.717) is 4.47 Å². The number of alkyl halides is 6. The Morgan fingerprint density at radius 3 is 2.09 bits per heavy atom. The van der Waals surface area contributed by atoms with Crippen LogP contribution in [0, 0.1) is 0 Å². The molecule has 0 aromatic carbocycles. The first kappa shape index (κ1) is 18.5. The fourth-order valence-electron chi connectivity index (χ4n) is 1.46. The lowest BCUT2D eigenvalue weighted by atomic mass is 10.1. The number of carbonyl (C=O) groups is 1. The summed E-state index contributed by atoms with van der Waals surface area (Å²) in [6.45, 7) is 1.14. The smallest absolute Gasteiger partial charge is 0.300 e. The van der Waals surface area contributed by atoms with Gasteiger partial charge in [-0.25, -0.2) is 10.3 Å². The molecule has 0 aliphatic carbocycles. The van der Waals surface area contributed by atoms with E-state index in [2.05, 4.69) is 20.9 Å². The predicted molar refractivity (Wildman–Crippen MR) is 67.6 cm³/mol. The molecule has 1 aromatic heterocycles. The van der Waals surface area contributed by atoms with Gasteiger partial charge in [-0.1, -0.05) is 6.92 Å². The van der Waals surface area contributed by atoms with E-state index >= 15 is 0 Å². The van der Waals surface area contributed by atoms with Crippen LogP contribution in [0.4, 0.5) is 32.2 Å². The van der Waals surface area contributed by atoms with E-state index in [1.165, 1.54) is 11.4 Å². The Hall–Kier alpha value is -1.52. The number of rotatable bonds is 4. The minimum absolute atomic E-state index is 0.417. The number of halogens is 7. The molecule has 0 saturated carbocycles. The maximum absolute atomic E-state index is 13.1. The van der Waals surface area contributed by atoms with Crippen LogP contribution >= 0.6 is 15.9 Å². The third kappa shape index (κ3) is 3.81. The van der Waals surface area contributed by atoms with Crippen LogP contribution in [0.3, 0.4) is 0 Å². The van der Waals surface area contributed by atoms with Crippen LogP contribution in [0.1, 0.15) is 13.3 Å². The molecule has 22 heavy (non-hydrogen) atoms. The van der Waals surface area contributed by atoms with E-state index in [1.54, 1.807) is 0 Å². The molecule has 11 heteroatoms. The molecule has 0 bridgehead atoms. The molecular formula is C11H11BrF6N3O+. The number of carbonyl (C=O) groups excluding carboxylic acids is 1. The van der Waals surface area contributed by atoms with Gasteiger partial charge in [-0.05, 0) is 22.0 Å². The summed E-state index contributed by atoms with van der Waals surface area (Å²) >= 11 is 2.98. The first-order valence-corrected chi connectivity index (χ1v) is 6.62. The Kier molecular flexibility index (Phi) is 5.31. The number of aromatic nitrogens is 1. The highest BCUT2D eigenvalue weighted by atomic mass is 79.9. The highest BCUT2D eigenvalue weighted by Crippen LogP contribution is 2.43. The average Bonchev–Trinajstić information content (AvgIpc) is 2.37. The Morgan fingerprint density at radius 2 is 1.73 bits per heavy atom. The number of anilines is 1.